The van der Waals surface area contributed by atoms with Crippen LogP contribution in [0.25, 0.3) is 77.2 Å². The molecule has 0 heterocycles. The summed E-state index contributed by atoms with van der Waals surface area (Å²) in [7, 11) is 0. The molecule has 0 saturated heterocycles. The van der Waals surface area contributed by atoms with E-state index in [1.54, 1.807) is 0 Å². The fourth-order valence-corrected chi connectivity index (χ4v) is 8.26. The molecule has 0 atom stereocenters. The lowest BCUT2D eigenvalue weighted by Gasteiger charge is -2.26. The van der Waals surface area contributed by atoms with Crippen LogP contribution in [0.5, 0.6) is 0 Å². The van der Waals surface area contributed by atoms with Gasteiger partial charge in [0, 0.05) is 17.1 Å². The molecule has 0 bridgehead atoms. The van der Waals surface area contributed by atoms with Crippen LogP contribution in [0.3, 0.4) is 0 Å². The number of fused-ring (bicyclic) bond motifs is 2. The van der Waals surface area contributed by atoms with Gasteiger partial charge < -0.3 is 4.90 Å². The number of rotatable bonds is 8. The average Bonchev–Trinajstić information content (AvgIpc) is 3.30. The largest absolute Gasteiger partial charge is 0.310 e. The molecule has 268 valence electrons. The Balaban J connectivity index is 1.07. The van der Waals surface area contributed by atoms with Crippen molar-refractivity contribution >= 4 is 38.6 Å². The first-order valence-electron chi connectivity index (χ1n) is 19.6. The molecule has 1 heteroatoms. The predicted octanol–water partition coefficient (Wildman–Crippen LogP) is 15.8. The second-order valence-corrected chi connectivity index (χ2v) is 14.5. The maximum absolute atomic E-state index is 2.37. The van der Waals surface area contributed by atoms with E-state index in [9.17, 15) is 0 Å². The van der Waals surface area contributed by atoms with Crippen LogP contribution in [-0.2, 0) is 0 Å². The third kappa shape index (κ3) is 6.66. The highest BCUT2D eigenvalue weighted by Crippen LogP contribution is 2.41. The Labute approximate surface area is 334 Å². The van der Waals surface area contributed by atoms with Crippen molar-refractivity contribution in [2.75, 3.05) is 4.90 Å². The lowest BCUT2D eigenvalue weighted by Crippen LogP contribution is -2.10. The minimum Gasteiger partial charge on any atom is -0.310 e. The number of hydrogen-bond donors (Lipinski definition) is 0. The SMILES string of the molecule is c1ccc(-c2ccc(-c3ccc(N(c4ccc(-c5cccc6ccccc56)cc4)c4cccc(-c5cccc6ccccc56)c4)cc3)cc2-c2ccccc2)cc1. The van der Waals surface area contributed by atoms with Gasteiger partial charge in [0.15, 0.2) is 0 Å². The van der Waals surface area contributed by atoms with Crippen LogP contribution in [0.15, 0.2) is 237 Å². The van der Waals surface area contributed by atoms with Gasteiger partial charge in [-0.2, -0.15) is 0 Å². The van der Waals surface area contributed by atoms with E-state index in [2.05, 4.69) is 241 Å². The highest BCUT2D eigenvalue weighted by Gasteiger charge is 2.16. The van der Waals surface area contributed by atoms with Crippen LogP contribution in [0.2, 0.25) is 0 Å². The predicted molar refractivity (Wildman–Crippen MR) is 243 cm³/mol. The molecule has 0 aliphatic carbocycles. The average molecular weight is 726 g/mol. The van der Waals surface area contributed by atoms with Crippen LogP contribution in [0.4, 0.5) is 17.1 Å². The maximum Gasteiger partial charge on any atom is 0.0467 e. The fourth-order valence-electron chi connectivity index (χ4n) is 8.26. The van der Waals surface area contributed by atoms with E-state index in [4.69, 9.17) is 0 Å². The molecule has 0 aliphatic heterocycles. The van der Waals surface area contributed by atoms with E-state index in [1.165, 1.54) is 77.2 Å². The Bertz CT molecular complexity index is 2970. The summed E-state index contributed by atoms with van der Waals surface area (Å²) >= 11 is 0. The topological polar surface area (TPSA) is 3.24 Å². The smallest absolute Gasteiger partial charge is 0.0467 e. The van der Waals surface area contributed by atoms with Gasteiger partial charge in [-0.25, -0.2) is 0 Å². The summed E-state index contributed by atoms with van der Waals surface area (Å²) in [5.41, 5.74) is 15.4. The second kappa shape index (κ2) is 15.0. The van der Waals surface area contributed by atoms with Gasteiger partial charge in [0.2, 0.25) is 0 Å². The first-order valence-corrected chi connectivity index (χ1v) is 19.6. The van der Waals surface area contributed by atoms with E-state index in [0.717, 1.165) is 17.1 Å². The van der Waals surface area contributed by atoms with Crippen LogP contribution in [0.1, 0.15) is 0 Å². The van der Waals surface area contributed by atoms with Gasteiger partial charge in [-0.05, 0) is 120 Å². The van der Waals surface area contributed by atoms with Crippen molar-refractivity contribution in [2.45, 2.75) is 0 Å². The zero-order valence-electron chi connectivity index (χ0n) is 31.5. The minimum absolute atomic E-state index is 1.09. The van der Waals surface area contributed by atoms with Crippen LogP contribution in [0, 0.1) is 0 Å². The van der Waals surface area contributed by atoms with Crippen molar-refractivity contribution < 1.29 is 0 Å². The van der Waals surface area contributed by atoms with E-state index >= 15 is 0 Å². The van der Waals surface area contributed by atoms with E-state index < -0.39 is 0 Å². The molecule has 0 N–H and O–H groups in total. The van der Waals surface area contributed by atoms with E-state index in [0.29, 0.717) is 0 Å². The molecule has 0 spiro atoms. The van der Waals surface area contributed by atoms with Crippen molar-refractivity contribution in [3.63, 3.8) is 0 Å². The molecular formula is C56H39N. The van der Waals surface area contributed by atoms with Crippen LogP contribution >= 0.6 is 0 Å². The zero-order valence-corrected chi connectivity index (χ0v) is 31.5. The summed E-state index contributed by atoms with van der Waals surface area (Å²) in [5, 5.41) is 5.00. The molecule has 0 radical (unpaired) electrons. The molecule has 0 unspecified atom stereocenters. The van der Waals surface area contributed by atoms with Gasteiger partial charge in [0.05, 0.1) is 0 Å². The van der Waals surface area contributed by atoms with E-state index in [-0.39, 0.29) is 0 Å². The summed E-state index contributed by atoms with van der Waals surface area (Å²) in [6, 6.07) is 85.6. The number of benzene rings is 10. The molecule has 10 aromatic carbocycles. The summed E-state index contributed by atoms with van der Waals surface area (Å²) in [4.78, 5) is 2.37. The molecule has 10 aromatic rings. The summed E-state index contributed by atoms with van der Waals surface area (Å²) in [6.07, 6.45) is 0. The second-order valence-electron chi connectivity index (χ2n) is 14.5. The maximum atomic E-state index is 2.37. The molecular weight excluding hydrogens is 687 g/mol. The number of anilines is 3. The lowest BCUT2D eigenvalue weighted by atomic mass is 9.91. The molecule has 1 nitrogen and oxygen atoms in total. The quantitative estimate of drug-likeness (QED) is 0.151. The summed E-state index contributed by atoms with van der Waals surface area (Å²) in [5.74, 6) is 0. The Morgan fingerprint density at radius 3 is 1.26 bits per heavy atom. The van der Waals surface area contributed by atoms with Gasteiger partial charge in [0.25, 0.3) is 0 Å². The van der Waals surface area contributed by atoms with Crippen LogP contribution < -0.4 is 4.90 Å². The molecule has 0 fully saturated rings. The van der Waals surface area contributed by atoms with Crippen molar-refractivity contribution in [1.82, 2.24) is 0 Å². The highest BCUT2D eigenvalue weighted by atomic mass is 15.1. The standard InChI is InChI=1S/C56H39N/c1-3-14-41(15-4-1)55-37-32-46(39-56(55)44-16-5-2-6-17-44)40-28-33-48(34-29-40)57(49-35-30-45(31-36-49)53-26-12-20-42-18-7-9-24-51(42)53)50-23-11-22-47(38-50)54-27-13-21-43-19-8-10-25-52(43)54/h1-39H. The first-order chi connectivity index (χ1) is 28.3. The van der Waals surface area contributed by atoms with Gasteiger partial charge in [0.1, 0.15) is 0 Å². The summed E-state index contributed by atoms with van der Waals surface area (Å²) < 4.78 is 0. The third-order valence-corrected chi connectivity index (χ3v) is 11.1. The molecule has 57 heavy (non-hydrogen) atoms. The van der Waals surface area contributed by atoms with Crippen molar-refractivity contribution in [2.24, 2.45) is 0 Å². The van der Waals surface area contributed by atoms with Crippen LogP contribution in [-0.4, -0.2) is 0 Å². The Kier molecular flexibility index (Phi) is 8.95. The third-order valence-electron chi connectivity index (χ3n) is 11.1. The Morgan fingerprint density at radius 2 is 0.649 bits per heavy atom. The van der Waals surface area contributed by atoms with Crippen molar-refractivity contribution in [3.05, 3.63) is 237 Å². The van der Waals surface area contributed by atoms with E-state index in [1.807, 2.05) is 0 Å². The van der Waals surface area contributed by atoms with Gasteiger partial charge in [-0.1, -0.05) is 194 Å². The first kappa shape index (κ1) is 34.0. The molecule has 0 aromatic heterocycles. The highest BCUT2D eigenvalue weighted by molar-refractivity contribution is 5.99. The van der Waals surface area contributed by atoms with Gasteiger partial charge in [-0.15, -0.1) is 0 Å². The Hall–Kier alpha value is -7.48. The zero-order chi connectivity index (χ0) is 38.0. The summed E-state index contributed by atoms with van der Waals surface area (Å²) in [6.45, 7) is 0. The number of hydrogen-bond acceptors (Lipinski definition) is 1. The van der Waals surface area contributed by atoms with Crippen molar-refractivity contribution in [1.29, 1.82) is 0 Å². The number of nitrogens with zero attached hydrogens (tertiary/aromatic N) is 1. The Morgan fingerprint density at radius 1 is 0.211 bits per heavy atom. The molecule has 0 aliphatic rings. The fraction of sp³-hybridized carbons (Fsp3) is 0. The normalized spacial score (nSPS) is 11.2. The van der Waals surface area contributed by atoms with Gasteiger partial charge >= 0.3 is 0 Å². The minimum atomic E-state index is 1.09. The lowest BCUT2D eigenvalue weighted by molar-refractivity contribution is 1.28. The van der Waals surface area contributed by atoms with Gasteiger partial charge in [-0.3, -0.25) is 0 Å². The molecule has 10 rings (SSSR count). The molecule has 0 saturated carbocycles. The molecule has 0 amide bonds. The monoisotopic (exact) mass is 725 g/mol. The van der Waals surface area contributed by atoms with Crippen molar-refractivity contribution in [3.8, 4) is 55.6 Å².